The molecule has 1 unspecified atom stereocenters. The lowest BCUT2D eigenvalue weighted by Gasteiger charge is -2.45. The Morgan fingerprint density at radius 3 is 1.96 bits per heavy atom. The summed E-state index contributed by atoms with van der Waals surface area (Å²) in [5.74, 6) is 1.09. The molecule has 0 bridgehead atoms. The fourth-order valence-corrected chi connectivity index (χ4v) is 4.90. The van der Waals surface area contributed by atoms with E-state index in [2.05, 4.69) is 41.5 Å². The van der Waals surface area contributed by atoms with Gasteiger partial charge in [0.25, 0.3) is 0 Å². The van der Waals surface area contributed by atoms with Gasteiger partial charge in [-0.25, -0.2) is 0 Å². The van der Waals surface area contributed by atoms with Crippen molar-refractivity contribution in [3.8, 4) is 0 Å². The van der Waals surface area contributed by atoms with E-state index in [9.17, 15) is 5.11 Å². The monoisotopic (exact) mass is 354 g/mol. The Bertz CT molecular complexity index is 334. The lowest BCUT2D eigenvalue weighted by Crippen LogP contribution is -2.45. The second kappa shape index (κ2) is 10.9. The highest BCUT2D eigenvalue weighted by atomic mass is 16.5. The number of hydrogen-bond acceptors (Lipinski definition) is 2. The van der Waals surface area contributed by atoms with Crippen molar-refractivity contribution in [2.45, 2.75) is 124 Å². The summed E-state index contributed by atoms with van der Waals surface area (Å²) in [6.45, 7) is 14.4. The van der Waals surface area contributed by atoms with Crippen molar-refractivity contribution in [3.63, 3.8) is 0 Å². The molecule has 2 nitrogen and oxygen atoms in total. The van der Waals surface area contributed by atoms with Gasteiger partial charge in [0.1, 0.15) is 0 Å². The number of hydrogen-bond donors (Lipinski definition) is 1. The van der Waals surface area contributed by atoms with Crippen LogP contribution in [0.3, 0.4) is 0 Å². The summed E-state index contributed by atoms with van der Waals surface area (Å²) in [7, 11) is 0. The molecule has 0 aromatic carbocycles. The van der Waals surface area contributed by atoms with E-state index >= 15 is 0 Å². The van der Waals surface area contributed by atoms with Gasteiger partial charge in [0.2, 0.25) is 0 Å². The van der Waals surface area contributed by atoms with E-state index < -0.39 is 0 Å². The van der Waals surface area contributed by atoms with Crippen LogP contribution in [0.4, 0.5) is 0 Å². The molecule has 1 N–H and O–H groups in total. The summed E-state index contributed by atoms with van der Waals surface area (Å²) in [5, 5.41) is 9.34. The summed E-state index contributed by atoms with van der Waals surface area (Å²) < 4.78 is 6.67. The van der Waals surface area contributed by atoms with Gasteiger partial charge in [-0.3, -0.25) is 0 Å². The van der Waals surface area contributed by atoms with E-state index in [-0.39, 0.29) is 11.0 Å². The standard InChI is InChI=1S/C23H46O2/c1-7-8-9-10-11-12-13-21(22(2,3)4)23(5,6)25-20-16-14-19(18-24)15-17-20/h19-21,24H,7-18H2,1-6H3. The fraction of sp³-hybridized carbons (Fsp3) is 1.00. The number of aliphatic hydroxyl groups excluding tert-OH is 1. The van der Waals surface area contributed by atoms with E-state index in [1.54, 1.807) is 0 Å². The SMILES string of the molecule is CCCCCCCCC(C(C)(C)C)C(C)(C)OC1CCC(CO)CC1. The van der Waals surface area contributed by atoms with Gasteiger partial charge < -0.3 is 9.84 Å². The summed E-state index contributed by atoms with van der Waals surface area (Å²) in [6, 6.07) is 0. The third kappa shape index (κ3) is 8.43. The van der Waals surface area contributed by atoms with Gasteiger partial charge in [-0.2, -0.15) is 0 Å². The van der Waals surface area contributed by atoms with Crippen molar-refractivity contribution in [2.75, 3.05) is 6.61 Å². The molecule has 1 aliphatic rings. The van der Waals surface area contributed by atoms with Gasteiger partial charge in [-0.15, -0.1) is 0 Å². The molecule has 0 aliphatic heterocycles. The first-order chi connectivity index (χ1) is 11.7. The molecule has 0 saturated heterocycles. The predicted molar refractivity (Wildman–Crippen MR) is 109 cm³/mol. The predicted octanol–water partition coefficient (Wildman–Crippen LogP) is 6.75. The zero-order valence-corrected chi connectivity index (χ0v) is 18.1. The van der Waals surface area contributed by atoms with Gasteiger partial charge in [0, 0.05) is 6.61 Å². The topological polar surface area (TPSA) is 29.5 Å². The first-order valence-electron chi connectivity index (χ1n) is 11.0. The molecule has 25 heavy (non-hydrogen) atoms. The second-order valence-electron chi connectivity index (χ2n) is 10.0. The maximum absolute atomic E-state index is 9.34. The second-order valence-corrected chi connectivity index (χ2v) is 10.0. The van der Waals surface area contributed by atoms with Crippen LogP contribution in [0.5, 0.6) is 0 Å². The molecule has 0 aromatic rings. The van der Waals surface area contributed by atoms with Gasteiger partial charge in [-0.05, 0) is 63.2 Å². The lowest BCUT2D eigenvalue weighted by atomic mass is 9.69. The largest absolute Gasteiger partial charge is 0.396 e. The summed E-state index contributed by atoms with van der Waals surface area (Å²) in [6.07, 6.45) is 14.3. The molecule has 1 rings (SSSR count). The molecule has 0 aromatic heterocycles. The van der Waals surface area contributed by atoms with Crippen LogP contribution in [-0.2, 0) is 4.74 Å². The lowest BCUT2D eigenvalue weighted by molar-refractivity contribution is -0.143. The van der Waals surface area contributed by atoms with E-state index in [1.807, 2.05) is 0 Å². The Morgan fingerprint density at radius 1 is 0.880 bits per heavy atom. The highest BCUT2D eigenvalue weighted by molar-refractivity contribution is 4.89. The maximum Gasteiger partial charge on any atom is 0.0663 e. The molecule has 0 amide bonds. The van der Waals surface area contributed by atoms with E-state index in [0.717, 1.165) is 25.7 Å². The third-order valence-electron chi connectivity index (χ3n) is 6.25. The van der Waals surface area contributed by atoms with Crippen molar-refractivity contribution >= 4 is 0 Å². The minimum Gasteiger partial charge on any atom is -0.396 e. The summed E-state index contributed by atoms with van der Waals surface area (Å²) in [4.78, 5) is 0. The average Bonchev–Trinajstić information content (AvgIpc) is 2.53. The van der Waals surface area contributed by atoms with Crippen LogP contribution in [-0.4, -0.2) is 23.4 Å². The molecule has 150 valence electrons. The normalized spacial score (nSPS) is 23.6. The zero-order valence-electron chi connectivity index (χ0n) is 18.1. The molecular formula is C23H46O2. The van der Waals surface area contributed by atoms with Crippen LogP contribution in [0.15, 0.2) is 0 Å². The molecule has 0 spiro atoms. The van der Waals surface area contributed by atoms with Gasteiger partial charge >= 0.3 is 0 Å². The van der Waals surface area contributed by atoms with Crippen molar-refractivity contribution in [1.82, 2.24) is 0 Å². The van der Waals surface area contributed by atoms with Crippen molar-refractivity contribution in [2.24, 2.45) is 17.3 Å². The van der Waals surface area contributed by atoms with Crippen LogP contribution < -0.4 is 0 Å². The molecule has 2 heteroatoms. The maximum atomic E-state index is 9.34. The third-order valence-corrected chi connectivity index (χ3v) is 6.25. The Kier molecular flexibility index (Phi) is 10.0. The van der Waals surface area contributed by atoms with E-state index in [0.29, 0.717) is 24.5 Å². The van der Waals surface area contributed by atoms with Crippen LogP contribution in [0.2, 0.25) is 0 Å². The smallest absolute Gasteiger partial charge is 0.0663 e. The fourth-order valence-electron chi connectivity index (χ4n) is 4.90. The van der Waals surface area contributed by atoms with Crippen molar-refractivity contribution < 1.29 is 9.84 Å². The Hall–Kier alpha value is -0.0800. The van der Waals surface area contributed by atoms with E-state index in [1.165, 1.54) is 44.9 Å². The first-order valence-corrected chi connectivity index (χ1v) is 11.0. The van der Waals surface area contributed by atoms with Crippen molar-refractivity contribution in [3.05, 3.63) is 0 Å². The molecule has 1 aliphatic carbocycles. The van der Waals surface area contributed by atoms with Crippen LogP contribution in [0.25, 0.3) is 0 Å². The Morgan fingerprint density at radius 2 is 1.44 bits per heavy atom. The highest BCUT2D eigenvalue weighted by Gasteiger charge is 2.40. The molecule has 0 radical (unpaired) electrons. The van der Waals surface area contributed by atoms with Gasteiger partial charge in [0.05, 0.1) is 11.7 Å². The first kappa shape index (κ1) is 23.0. The summed E-state index contributed by atoms with van der Waals surface area (Å²) >= 11 is 0. The number of rotatable bonds is 11. The minimum atomic E-state index is -0.0710. The minimum absolute atomic E-state index is 0.0710. The van der Waals surface area contributed by atoms with E-state index in [4.69, 9.17) is 4.74 Å². The molecule has 1 fully saturated rings. The Balaban J connectivity index is 2.52. The molecule has 1 atom stereocenters. The van der Waals surface area contributed by atoms with Gasteiger partial charge in [0.15, 0.2) is 0 Å². The average molecular weight is 355 g/mol. The zero-order chi connectivity index (χ0) is 18.9. The van der Waals surface area contributed by atoms with Crippen LogP contribution in [0.1, 0.15) is 112 Å². The quantitative estimate of drug-likeness (QED) is 0.416. The molecule has 0 heterocycles. The Labute approximate surface area is 158 Å². The van der Waals surface area contributed by atoms with Crippen molar-refractivity contribution in [1.29, 1.82) is 0 Å². The number of ether oxygens (including phenoxy) is 1. The van der Waals surface area contributed by atoms with Crippen LogP contribution in [0, 0.1) is 17.3 Å². The van der Waals surface area contributed by atoms with Gasteiger partial charge in [-0.1, -0.05) is 66.2 Å². The molecular weight excluding hydrogens is 308 g/mol. The number of aliphatic hydroxyl groups is 1. The summed E-state index contributed by atoms with van der Waals surface area (Å²) in [5.41, 5.74) is 0.202. The highest BCUT2D eigenvalue weighted by Crippen LogP contribution is 2.42. The number of unbranched alkanes of at least 4 members (excludes halogenated alkanes) is 5. The molecule has 1 saturated carbocycles. The van der Waals surface area contributed by atoms with Crippen LogP contribution >= 0.6 is 0 Å².